The Morgan fingerprint density at radius 3 is 2.64 bits per heavy atom. The lowest BCUT2D eigenvalue weighted by molar-refractivity contribution is -0.136. The summed E-state index contributed by atoms with van der Waals surface area (Å²) in [7, 11) is 0. The molecule has 1 saturated carbocycles. The molecular formula is C16H20N4O2. The van der Waals surface area contributed by atoms with Crippen molar-refractivity contribution < 1.29 is 9.59 Å². The minimum atomic E-state index is -0.622. The van der Waals surface area contributed by atoms with Crippen LogP contribution >= 0.6 is 0 Å². The summed E-state index contributed by atoms with van der Waals surface area (Å²) < 4.78 is 0. The minimum Gasteiger partial charge on any atom is -0.345 e. The Kier molecular flexibility index (Phi) is 4.37. The first-order valence-corrected chi connectivity index (χ1v) is 7.77. The van der Waals surface area contributed by atoms with Gasteiger partial charge in [0.2, 0.25) is 0 Å². The molecule has 0 saturated heterocycles. The van der Waals surface area contributed by atoms with Crippen molar-refractivity contribution >= 4 is 28.4 Å². The number of fused-ring (bicyclic) bond motifs is 1. The molecule has 0 unspecified atom stereocenters. The number of hydrogen-bond donors (Lipinski definition) is 3. The first-order valence-electron chi connectivity index (χ1n) is 7.77. The Morgan fingerprint density at radius 1 is 1.09 bits per heavy atom. The Morgan fingerprint density at radius 2 is 1.86 bits per heavy atom. The van der Waals surface area contributed by atoms with Gasteiger partial charge in [0.1, 0.15) is 0 Å². The highest BCUT2D eigenvalue weighted by molar-refractivity contribution is 6.39. The van der Waals surface area contributed by atoms with Gasteiger partial charge in [-0.05, 0) is 31.0 Å². The van der Waals surface area contributed by atoms with Gasteiger partial charge in [-0.3, -0.25) is 14.7 Å². The third-order valence-corrected chi connectivity index (χ3v) is 4.10. The summed E-state index contributed by atoms with van der Waals surface area (Å²) >= 11 is 0. The number of rotatable bonds is 2. The molecule has 1 aliphatic rings. The number of nitrogens with zero attached hydrogens (tertiary/aromatic N) is 1. The van der Waals surface area contributed by atoms with Gasteiger partial charge in [-0.25, -0.2) is 0 Å². The van der Waals surface area contributed by atoms with Gasteiger partial charge >= 0.3 is 11.8 Å². The van der Waals surface area contributed by atoms with E-state index in [9.17, 15) is 9.59 Å². The average molecular weight is 300 g/mol. The van der Waals surface area contributed by atoms with Gasteiger partial charge in [0.05, 0.1) is 11.7 Å². The van der Waals surface area contributed by atoms with E-state index in [-0.39, 0.29) is 6.04 Å². The van der Waals surface area contributed by atoms with Crippen molar-refractivity contribution in [2.75, 3.05) is 5.32 Å². The molecule has 3 rings (SSSR count). The minimum absolute atomic E-state index is 0.121. The van der Waals surface area contributed by atoms with Crippen molar-refractivity contribution in [3.63, 3.8) is 0 Å². The lowest BCUT2D eigenvalue weighted by atomic mass is 10.1. The normalized spacial score (nSPS) is 16.2. The first-order chi connectivity index (χ1) is 10.7. The van der Waals surface area contributed by atoms with Crippen LogP contribution in [0.1, 0.15) is 38.5 Å². The molecule has 1 aromatic heterocycles. The highest BCUT2D eigenvalue weighted by Gasteiger charge is 2.19. The Bertz CT molecular complexity index is 672. The van der Waals surface area contributed by atoms with E-state index in [1.165, 1.54) is 12.8 Å². The zero-order chi connectivity index (χ0) is 15.4. The third kappa shape index (κ3) is 3.44. The summed E-state index contributed by atoms with van der Waals surface area (Å²) in [5.41, 5.74) is 1.40. The second kappa shape index (κ2) is 6.60. The van der Waals surface area contributed by atoms with E-state index in [0.717, 1.165) is 36.6 Å². The van der Waals surface area contributed by atoms with Crippen LogP contribution in [-0.2, 0) is 9.59 Å². The zero-order valence-electron chi connectivity index (χ0n) is 12.4. The summed E-state index contributed by atoms with van der Waals surface area (Å²) in [6.45, 7) is 0. The number of benzene rings is 1. The van der Waals surface area contributed by atoms with Crippen molar-refractivity contribution in [3.05, 3.63) is 24.4 Å². The molecule has 6 nitrogen and oxygen atoms in total. The summed E-state index contributed by atoms with van der Waals surface area (Å²) in [5, 5.41) is 13.2. The van der Waals surface area contributed by atoms with Gasteiger partial charge in [0.15, 0.2) is 0 Å². The zero-order valence-corrected chi connectivity index (χ0v) is 12.4. The fourth-order valence-electron chi connectivity index (χ4n) is 2.88. The van der Waals surface area contributed by atoms with Gasteiger partial charge in [-0.15, -0.1) is 0 Å². The van der Waals surface area contributed by atoms with E-state index in [4.69, 9.17) is 0 Å². The van der Waals surface area contributed by atoms with Crippen molar-refractivity contribution in [1.82, 2.24) is 15.5 Å². The Balaban J connectivity index is 1.59. The van der Waals surface area contributed by atoms with E-state index in [2.05, 4.69) is 20.8 Å². The van der Waals surface area contributed by atoms with Gasteiger partial charge in [-0.1, -0.05) is 25.7 Å². The summed E-state index contributed by atoms with van der Waals surface area (Å²) in [6.07, 6.45) is 8.27. The second-order valence-electron chi connectivity index (χ2n) is 5.79. The van der Waals surface area contributed by atoms with Gasteiger partial charge < -0.3 is 10.6 Å². The standard InChI is InChI=1S/C16H20N4O2/c21-15(18-12-5-3-1-2-4-6-12)16(22)19-13-8-7-11-10-17-20-14(11)9-13/h7-10,12H,1-6H2,(H,17,20)(H,18,21)(H,19,22). The number of amides is 2. The molecule has 1 fully saturated rings. The highest BCUT2D eigenvalue weighted by Crippen LogP contribution is 2.18. The summed E-state index contributed by atoms with van der Waals surface area (Å²) in [6, 6.07) is 5.49. The summed E-state index contributed by atoms with van der Waals surface area (Å²) in [4.78, 5) is 24.0. The number of carbonyl (C=O) groups is 2. The molecule has 3 N–H and O–H groups in total. The second-order valence-corrected chi connectivity index (χ2v) is 5.79. The third-order valence-electron chi connectivity index (χ3n) is 4.10. The number of aromatic nitrogens is 2. The smallest absolute Gasteiger partial charge is 0.313 e. The lowest BCUT2D eigenvalue weighted by Gasteiger charge is -2.15. The predicted octanol–water partition coefficient (Wildman–Crippen LogP) is 2.34. The summed E-state index contributed by atoms with van der Waals surface area (Å²) in [5.74, 6) is -1.18. The topological polar surface area (TPSA) is 86.9 Å². The van der Waals surface area contributed by atoms with E-state index >= 15 is 0 Å². The molecular weight excluding hydrogens is 280 g/mol. The van der Waals surface area contributed by atoms with Crippen LogP contribution in [0.25, 0.3) is 10.9 Å². The highest BCUT2D eigenvalue weighted by atomic mass is 16.2. The maximum absolute atomic E-state index is 12.0. The van der Waals surface area contributed by atoms with Crippen LogP contribution in [0.15, 0.2) is 24.4 Å². The number of aromatic amines is 1. The van der Waals surface area contributed by atoms with Gasteiger partial charge in [-0.2, -0.15) is 5.10 Å². The number of H-pyrrole nitrogens is 1. The largest absolute Gasteiger partial charge is 0.345 e. The molecule has 22 heavy (non-hydrogen) atoms. The van der Waals surface area contributed by atoms with Crippen molar-refractivity contribution in [2.45, 2.75) is 44.6 Å². The van der Waals surface area contributed by atoms with Crippen LogP contribution < -0.4 is 10.6 Å². The molecule has 1 heterocycles. The molecule has 0 bridgehead atoms. The lowest BCUT2D eigenvalue weighted by Crippen LogP contribution is -2.41. The maximum Gasteiger partial charge on any atom is 0.313 e. The monoisotopic (exact) mass is 300 g/mol. The molecule has 0 spiro atoms. The van der Waals surface area contributed by atoms with E-state index in [1.54, 1.807) is 18.3 Å². The SMILES string of the molecule is O=C(Nc1ccc2cn[nH]c2c1)C(=O)NC1CCCCCC1. The molecule has 0 aliphatic heterocycles. The Labute approximate surface area is 128 Å². The van der Waals surface area contributed by atoms with Gasteiger partial charge in [0.25, 0.3) is 0 Å². The molecule has 116 valence electrons. The number of anilines is 1. The molecule has 2 aromatic rings. The number of nitrogens with one attached hydrogen (secondary N) is 3. The van der Waals surface area contributed by atoms with Gasteiger partial charge in [0, 0.05) is 17.1 Å². The van der Waals surface area contributed by atoms with Crippen LogP contribution in [0, 0.1) is 0 Å². The van der Waals surface area contributed by atoms with Crippen LogP contribution in [0.5, 0.6) is 0 Å². The fraction of sp³-hybridized carbons (Fsp3) is 0.438. The van der Waals surface area contributed by atoms with E-state index in [0.29, 0.717) is 5.69 Å². The van der Waals surface area contributed by atoms with Crippen molar-refractivity contribution in [3.8, 4) is 0 Å². The van der Waals surface area contributed by atoms with Crippen molar-refractivity contribution in [2.24, 2.45) is 0 Å². The maximum atomic E-state index is 12.0. The number of carbonyl (C=O) groups excluding carboxylic acids is 2. The fourth-order valence-corrected chi connectivity index (χ4v) is 2.88. The molecule has 0 radical (unpaired) electrons. The van der Waals surface area contributed by atoms with E-state index in [1.807, 2.05) is 6.07 Å². The van der Waals surface area contributed by atoms with Crippen LogP contribution in [-0.4, -0.2) is 28.1 Å². The molecule has 1 aromatic carbocycles. The average Bonchev–Trinajstić information content (AvgIpc) is 2.83. The van der Waals surface area contributed by atoms with Crippen LogP contribution in [0.3, 0.4) is 0 Å². The Hall–Kier alpha value is -2.37. The first kappa shape index (κ1) is 14.6. The van der Waals surface area contributed by atoms with Crippen LogP contribution in [0.2, 0.25) is 0 Å². The molecule has 6 heteroatoms. The van der Waals surface area contributed by atoms with Crippen LogP contribution in [0.4, 0.5) is 5.69 Å². The molecule has 0 atom stereocenters. The quantitative estimate of drug-likeness (QED) is 0.587. The van der Waals surface area contributed by atoms with Crippen molar-refractivity contribution in [1.29, 1.82) is 0 Å². The molecule has 2 amide bonds. The molecule has 1 aliphatic carbocycles. The number of hydrogen-bond acceptors (Lipinski definition) is 3. The van der Waals surface area contributed by atoms with E-state index < -0.39 is 11.8 Å². The predicted molar refractivity (Wildman–Crippen MR) is 84.4 cm³/mol.